The fourth-order valence-corrected chi connectivity index (χ4v) is 4.30. The topological polar surface area (TPSA) is 125 Å². The van der Waals surface area contributed by atoms with Gasteiger partial charge in [0.25, 0.3) is 0 Å². The van der Waals surface area contributed by atoms with Crippen LogP contribution in [0.5, 0.6) is 0 Å². The number of benzene rings is 1. The Morgan fingerprint density at radius 2 is 2.04 bits per heavy atom. The van der Waals surface area contributed by atoms with Crippen molar-refractivity contribution in [3.8, 4) is 0 Å². The lowest BCUT2D eigenvalue weighted by molar-refractivity contribution is -0.132. The summed E-state index contributed by atoms with van der Waals surface area (Å²) >= 11 is 1.60. The van der Waals surface area contributed by atoms with E-state index in [2.05, 4.69) is 21.3 Å². The van der Waals surface area contributed by atoms with Crippen LogP contribution in [0.25, 0.3) is 10.1 Å². The molecule has 1 unspecified atom stereocenters. The quantitative estimate of drug-likeness (QED) is 0.238. The normalized spacial score (nSPS) is 16.9. The number of rotatable bonds is 8. The molecule has 0 aliphatic carbocycles. The van der Waals surface area contributed by atoms with Gasteiger partial charge in [0.05, 0.1) is 12.2 Å². The summed E-state index contributed by atoms with van der Waals surface area (Å²) in [6.45, 7) is 1.33. The number of carbonyl (C=O) groups excluding carboxylic acids is 3. The number of carbonyl (C=O) groups is 3. The Labute approximate surface area is 167 Å². The highest BCUT2D eigenvalue weighted by molar-refractivity contribution is 7.17. The fourth-order valence-electron chi connectivity index (χ4n) is 3.32. The molecule has 1 aromatic carbocycles. The van der Waals surface area contributed by atoms with Gasteiger partial charge in [0.2, 0.25) is 18.2 Å². The van der Waals surface area contributed by atoms with Crippen LogP contribution in [0, 0.1) is 0 Å². The van der Waals surface area contributed by atoms with Gasteiger partial charge in [-0.3, -0.25) is 14.4 Å². The summed E-state index contributed by atoms with van der Waals surface area (Å²) in [5, 5.41) is 14.1. The lowest BCUT2D eigenvalue weighted by Crippen LogP contribution is -2.62. The molecular weight excluding hydrogens is 378 g/mol. The molecule has 0 bridgehead atoms. The van der Waals surface area contributed by atoms with E-state index in [-0.39, 0.29) is 18.5 Å². The van der Waals surface area contributed by atoms with Gasteiger partial charge in [0.1, 0.15) is 6.04 Å². The van der Waals surface area contributed by atoms with E-state index in [1.165, 1.54) is 0 Å². The van der Waals surface area contributed by atoms with Crippen LogP contribution >= 0.6 is 11.3 Å². The van der Waals surface area contributed by atoms with Crippen LogP contribution < -0.4 is 27.0 Å². The molecule has 1 saturated heterocycles. The van der Waals surface area contributed by atoms with Crippen LogP contribution in [0.2, 0.25) is 0 Å². The number of nitrogens with one attached hydrogen (secondary N) is 4. The first kappa shape index (κ1) is 20.2. The fraction of sp³-hybridized carbons (Fsp3) is 0.421. The second kappa shape index (κ2) is 9.13. The molecule has 1 aromatic heterocycles. The molecule has 8 nitrogen and oxygen atoms in total. The summed E-state index contributed by atoms with van der Waals surface area (Å²) in [5.74, 6) is -0.687. The largest absolute Gasteiger partial charge is 0.342 e. The summed E-state index contributed by atoms with van der Waals surface area (Å²) in [4.78, 5) is 35.9. The van der Waals surface area contributed by atoms with E-state index < -0.39 is 11.6 Å². The molecule has 2 heterocycles. The first-order valence-corrected chi connectivity index (χ1v) is 10.1. The van der Waals surface area contributed by atoms with Crippen molar-refractivity contribution in [1.82, 2.24) is 21.3 Å². The maximum Gasteiger partial charge on any atom is 0.244 e. The highest BCUT2D eigenvalue weighted by Crippen LogP contribution is 2.27. The maximum atomic E-state index is 12.8. The molecule has 1 aliphatic rings. The Bertz CT molecular complexity index is 847. The number of fused-ring (bicyclic) bond motifs is 1. The minimum Gasteiger partial charge on any atom is -0.342 e. The number of amides is 3. The number of piperidine rings is 1. The van der Waals surface area contributed by atoms with Gasteiger partial charge in [0.15, 0.2) is 0 Å². The zero-order valence-electron chi connectivity index (χ0n) is 15.5. The standard InChI is InChI=1S/C19H25N5O3S/c20-19(5-7-21-8-6-19)18(27)24-15(17(26)23-11-22-12-25)9-13-10-28-16-4-2-1-3-14(13)16/h1-4,10,12,15,21H,5-9,11,20H2,(H,22,25)(H,23,26)(H,24,27). The van der Waals surface area contributed by atoms with Crippen LogP contribution in [0.3, 0.4) is 0 Å². The molecular formula is C19H25N5O3S. The Morgan fingerprint density at radius 3 is 2.79 bits per heavy atom. The first-order valence-electron chi connectivity index (χ1n) is 9.24. The molecule has 150 valence electrons. The van der Waals surface area contributed by atoms with Gasteiger partial charge in [-0.15, -0.1) is 11.3 Å². The minimum absolute atomic E-state index is 0.00320. The van der Waals surface area contributed by atoms with E-state index >= 15 is 0 Å². The molecule has 6 N–H and O–H groups in total. The highest BCUT2D eigenvalue weighted by atomic mass is 32.1. The SMILES string of the molecule is NC1(C(=O)NC(Cc2csc3ccccc23)C(=O)NCNC=O)CCNCC1. The maximum absolute atomic E-state index is 12.8. The van der Waals surface area contributed by atoms with Crippen molar-refractivity contribution >= 4 is 39.6 Å². The Kier molecular flexibility index (Phi) is 6.61. The third kappa shape index (κ3) is 4.67. The number of hydrogen-bond donors (Lipinski definition) is 5. The van der Waals surface area contributed by atoms with Crippen molar-refractivity contribution in [3.63, 3.8) is 0 Å². The van der Waals surface area contributed by atoms with Crippen molar-refractivity contribution in [2.24, 2.45) is 5.73 Å². The molecule has 3 amide bonds. The molecule has 1 aliphatic heterocycles. The first-order chi connectivity index (χ1) is 13.5. The number of thiophene rings is 1. The predicted molar refractivity (Wildman–Crippen MR) is 109 cm³/mol. The van der Waals surface area contributed by atoms with Gasteiger partial charge in [-0.25, -0.2) is 0 Å². The lowest BCUT2D eigenvalue weighted by Gasteiger charge is -2.33. The Hall–Kier alpha value is -2.49. The van der Waals surface area contributed by atoms with Crippen molar-refractivity contribution in [1.29, 1.82) is 0 Å². The third-order valence-electron chi connectivity index (χ3n) is 5.00. The van der Waals surface area contributed by atoms with Gasteiger partial charge in [0, 0.05) is 11.1 Å². The molecule has 0 spiro atoms. The highest BCUT2D eigenvalue weighted by Gasteiger charge is 2.37. The Morgan fingerprint density at radius 1 is 1.29 bits per heavy atom. The average molecular weight is 404 g/mol. The zero-order valence-corrected chi connectivity index (χ0v) is 16.3. The van der Waals surface area contributed by atoms with E-state index in [1.54, 1.807) is 11.3 Å². The van der Waals surface area contributed by atoms with Crippen LogP contribution in [0.1, 0.15) is 18.4 Å². The summed E-state index contributed by atoms with van der Waals surface area (Å²) < 4.78 is 1.12. The molecule has 0 saturated carbocycles. The van der Waals surface area contributed by atoms with Crippen molar-refractivity contribution in [3.05, 3.63) is 35.2 Å². The zero-order chi connectivity index (χ0) is 20.0. The number of hydrogen-bond acceptors (Lipinski definition) is 6. The molecule has 28 heavy (non-hydrogen) atoms. The minimum atomic E-state index is -0.985. The van der Waals surface area contributed by atoms with E-state index in [1.807, 2.05) is 29.6 Å². The van der Waals surface area contributed by atoms with Gasteiger partial charge >= 0.3 is 0 Å². The summed E-state index contributed by atoms with van der Waals surface area (Å²) in [5.41, 5.74) is 6.30. The Balaban J connectivity index is 1.77. The number of nitrogens with two attached hydrogens (primary N) is 1. The van der Waals surface area contributed by atoms with E-state index in [0.717, 1.165) is 15.6 Å². The summed E-state index contributed by atoms with van der Waals surface area (Å²) in [6, 6.07) is 7.16. The molecule has 9 heteroatoms. The molecule has 1 fully saturated rings. The lowest BCUT2D eigenvalue weighted by atomic mass is 9.88. The van der Waals surface area contributed by atoms with Crippen LogP contribution in [0.4, 0.5) is 0 Å². The smallest absolute Gasteiger partial charge is 0.244 e. The molecule has 2 aromatic rings. The molecule has 1 atom stereocenters. The van der Waals surface area contributed by atoms with Crippen LogP contribution in [0.15, 0.2) is 29.6 Å². The van der Waals surface area contributed by atoms with Gasteiger partial charge < -0.3 is 27.0 Å². The molecule has 3 rings (SSSR count). The second-order valence-electron chi connectivity index (χ2n) is 6.93. The van der Waals surface area contributed by atoms with E-state index in [4.69, 9.17) is 5.73 Å². The van der Waals surface area contributed by atoms with Crippen LogP contribution in [-0.4, -0.2) is 49.6 Å². The monoisotopic (exact) mass is 403 g/mol. The molecule has 0 radical (unpaired) electrons. The van der Waals surface area contributed by atoms with Crippen molar-refractivity contribution in [2.45, 2.75) is 30.8 Å². The van der Waals surface area contributed by atoms with Crippen molar-refractivity contribution in [2.75, 3.05) is 19.8 Å². The van der Waals surface area contributed by atoms with Gasteiger partial charge in [-0.05, 0) is 48.3 Å². The van der Waals surface area contributed by atoms with Gasteiger partial charge in [-0.2, -0.15) is 0 Å². The van der Waals surface area contributed by atoms with E-state index in [0.29, 0.717) is 38.8 Å². The predicted octanol–water partition coefficient (Wildman–Crippen LogP) is -0.171. The third-order valence-corrected chi connectivity index (χ3v) is 6.02. The van der Waals surface area contributed by atoms with E-state index in [9.17, 15) is 14.4 Å². The second-order valence-corrected chi connectivity index (χ2v) is 7.84. The van der Waals surface area contributed by atoms with Crippen LogP contribution in [-0.2, 0) is 20.8 Å². The average Bonchev–Trinajstić information content (AvgIpc) is 3.11. The van der Waals surface area contributed by atoms with Crippen molar-refractivity contribution < 1.29 is 14.4 Å². The van der Waals surface area contributed by atoms with Gasteiger partial charge in [-0.1, -0.05) is 18.2 Å². The summed E-state index contributed by atoms with van der Waals surface area (Å²) in [6.07, 6.45) is 1.88. The summed E-state index contributed by atoms with van der Waals surface area (Å²) in [7, 11) is 0.